The van der Waals surface area contributed by atoms with E-state index in [1.807, 2.05) is 0 Å². The Labute approximate surface area is 71.4 Å². The summed E-state index contributed by atoms with van der Waals surface area (Å²) in [5.74, 6) is 0.706. The van der Waals surface area contributed by atoms with Crippen molar-refractivity contribution >= 4 is 5.91 Å². The van der Waals surface area contributed by atoms with E-state index in [0.29, 0.717) is 0 Å². The van der Waals surface area contributed by atoms with Crippen LogP contribution in [-0.4, -0.2) is 30.4 Å². The largest absolute Gasteiger partial charge is 0.370 e. The van der Waals surface area contributed by atoms with Gasteiger partial charge >= 0.3 is 0 Å². The molecule has 0 aliphatic carbocycles. The first-order valence-corrected chi connectivity index (χ1v) is 4.31. The van der Waals surface area contributed by atoms with Gasteiger partial charge in [0.25, 0.3) is 0 Å². The van der Waals surface area contributed by atoms with Crippen LogP contribution in [0, 0.1) is 0 Å². The Balaban J connectivity index is 2.32. The topological polar surface area (TPSA) is 58.4 Å². The van der Waals surface area contributed by atoms with Crippen LogP contribution in [0.5, 0.6) is 0 Å². The van der Waals surface area contributed by atoms with Gasteiger partial charge in [-0.15, -0.1) is 0 Å². The molecule has 3 N–H and O–H groups in total. The molecule has 2 aliphatic rings. The molecule has 0 aromatic carbocycles. The van der Waals surface area contributed by atoms with E-state index in [2.05, 4.69) is 10.2 Å². The fourth-order valence-electron chi connectivity index (χ4n) is 1.86. The number of carbonyl (C=O) groups is 1. The van der Waals surface area contributed by atoms with Gasteiger partial charge in [-0.2, -0.15) is 0 Å². The van der Waals surface area contributed by atoms with Crippen molar-refractivity contribution in [3.05, 3.63) is 11.4 Å². The second-order valence-corrected chi connectivity index (χ2v) is 3.21. The SMILES string of the molecule is NC(=O)C1=C2NCCN2CCC1. The van der Waals surface area contributed by atoms with E-state index in [1.165, 1.54) is 0 Å². The number of rotatable bonds is 1. The number of fused-ring (bicyclic) bond motifs is 1. The number of hydrogen-bond acceptors (Lipinski definition) is 3. The highest BCUT2D eigenvalue weighted by molar-refractivity contribution is 5.92. The normalized spacial score (nSPS) is 22.2. The van der Waals surface area contributed by atoms with Crippen LogP contribution in [-0.2, 0) is 4.79 Å². The molecule has 0 aromatic rings. The second-order valence-electron chi connectivity index (χ2n) is 3.21. The van der Waals surface area contributed by atoms with E-state index in [9.17, 15) is 4.79 Å². The van der Waals surface area contributed by atoms with Crippen LogP contribution in [0.1, 0.15) is 12.8 Å². The summed E-state index contributed by atoms with van der Waals surface area (Å²) in [6.45, 7) is 3.00. The Hall–Kier alpha value is -1.19. The maximum absolute atomic E-state index is 11.0. The lowest BCUT2D eigenvalue weighted by atomic mass is 10.1. The lowest BCUT2D eigenvalue weighted by Gasteiger charge is -2.25. The highest BCUT2D eigenvalue weighted by Gasteiger charge is 2.26. The molecule has 2 heterocycles. The molecule has 0 radical (unpaired) electrons. The summed E-state index contributed by atoms with van der Waals surface area (Å²) in [7, 11) is 0. The van der Waals surface area contributed by atoms with Crippen molar-refractivity contribution < 1.29 is 4.79 Å². The Bertz CT molecular complexity index is 247. The van der Waals surface area contributed by atoms with Crippen molar-refractivity contribution in [1.82, 2.24) is 10.2 Å². The van der Waals surface area contributed by atoms with E-state index >= 15 is 0 Å². The lowest BCUT2D eigenvalue weighted by molar-refractivity contribution is -0.115. The van der Waals surface area contributed by atoms with Crippen molar-refractivity contribution in [1.29, 1.82) is 0 Å². The third kappa shape index (κ3) is 1.03. The molecule has 2 aliphatic heterocycles. The van der Waals surface area contributed by atoms with Crippen LogP contribution in [0.15, 0.2) is 11.4 Å². The molecule has 4 nitrogen and oxygen atoms in total. The molecule has 12 heavy (non-hydrogen) atoms. The highest BCUT2D eigenvalue weighted by Crippen LogP contribution is 2.22. The zero-order valence-corrected chi connectivity index (χ0v) is 6.97. The van der Waals surface area contributed by atoms with Gasteiger partial charge in [0.1, 0.15) is 5.82 Å². The predicted octanol–water partition coefficient (Wildman–Crippen LogP) is -0.618. The number of primary amides is 1. The molecule has 0 atom stereocenters. The Morgan fingerprint density at radius 1 is 1.50 bits per heavy atom. The van der Waals surface area contributed by atoms with Gasteiger partial charge in [0.2, 0.25) is 5.91 Å². The van der Waals surface area contributed by atoms with Gasteiger partial charge in [-0.25, -0.2) is 0 Å². The summed E-state index contributed by atoms with van der Waals surface area (Å²) in [6.07, 6.45) is 1.87. The quantitative estimate of drug-likeness (QED) is 0.547. The molecule has 1 amide bonds. The van der Waals surface area contributed by atoms with Gasteiger partial charge in [0.15, 0.2) is 0 Å². The molecule has 0 bridgehead atoms. The van der Waals surface area contributed by atoms with E-state index < -0.39 is 0 Å². The Morgan fingerprint density at radius 3 is 3.08 bits per heavy atom. The van der Waals surface area contributed by atoms with E-state index in [0.717, 1.165) is 43.9 Å². The van der Waals surface area contributed by atoms with Crippen molar-refractivity contribution in [2.45, 2.75) is 12.8 Å². The predicted molar refractivity (Wildman–Crippen MR) is 45.0 cm³/mol. The molecule has 0 spiro atoms. The first-order valence-electron chi connectivity index (χ1n) is 4.31. The summed E-state index contributed by atoms with van der Waals surface area (Å²) >= 11 is 0. The molecular formula is C8H13N3O. The van der Waals surface area contributed by atoms with Gasteiger partial charge in [-0.3, -0.25) is 4.79 Å². The fourth-order valence-corrected chi connectivity index (χ4v) is 1.86. The number of nitrogens with zero attached hydrogens (tertiary/aromatic N) is 1. The van der Waals surface area contributed by atoms with Crippen LogP contribution in [0.3, 0.4) is 0 Å². The Kier molecular flexibility index (Phi) is 1.67. The third-order valence-corrected chi connectivity index (χ3v) is 2.43. The van der Waals surface area contributed by atoms with Crippen LogP contribution >= 0.6 is 0 Å². The number of nitrogens with one attached hydrogen (secondary N) is 1. The number of nitrogens with two attached hydrogens (primary N) is 1. The first-order chi connectivity index (χ1) is 5.79. The summed E-state index contributed by atoms with van der Waals surface area (Å²) in [5, 5.41) is 3.19. The van der Waals surface area contributed by atoms with E-state index in [-0.39, 0.29) is 5.91 Å². The summed E-state index contributed by atoms with van der Waals surface area (Å²) in [4.78, 5) is 13.2. The third-order valence-electron chi connectivity index (χ3n) is 2.43. The minimum atomic E-state index is -0.274. The smallest absolute Gasteiger partial charge is 0.248 e. The van der Waals surface area contributed by atoms with Crippen molar-refractivity contribution in [2.75, 3.05) is 19.6 Å². The van der Waals surface area contributed by atoms with Crippen molar-refractivity contribution in [2.24, 2.45) is 5.73 Å². The van der Waals surface area contributed by atoms with Crippen molar-refractivity contribution in [3.8, 4) is 0 Å². The lowest BCUT2D eigenvalue weighted by Crippen LogP contribution is -2.31. The van der Waals surface area contributed by atoms with Gasteiger partial charge in [0, 0.05) is 19.6 Å². The average Bonchev–Trinajstić information content (AvgIpc) is 2.49. The maximum atomic E-state index is 11.0. The molecule has 1 fully saturated rings. The number of carbonyl (C=O) groups excluding carboxylic acids is 1. The molecule has 2 rings (SSSR count). The van der Waals surface area contributed by atoms with Crippen LogP contribution in [0.25, 0.3) is 0 Å². The minimum Gasteiger partial charge on any atom is -0.370 e. The monoisotopic (exact) mass is 167 g/mol. The second kappa shape index (κ2) is 2.69. The van der Waals surface area contributed by atoms with Gasteiger partial charge in [0.05, 0.1) is 5.57 Å². The molecule has 0 aromatic heterocycles. The highest BCUT2D eigenvalue weighted by atomic mass is 16.1. The molecule has 4 heteroatoms. The van der Waals surface area contributed by atoms with Crippen LogP contribution < -0.4 is 11.1 Å². The fraction of sp³-hybridized carbons (Fsp3) is 0.625. The summed E-state index contributed by atoms with van der Waals surface area (Å²) in [5.41, 5.74) is 6.04. The molecule has 66 valence electrons. The van der Waals surface area contributed by atoms with E-state index in [1.54, 1.807) is 0 Å². The number of amides is 1. The molecule has 1 saturated heterocycles. The Morgan fingerprint density at radius 2 is 2.33 bits per heavy atom. The zero-order valence-electron chi connectivity index (χ0n) is 6.97. The summed E-state index contributed by atoms with van der Waals surface area (Å²) in [6, 6.07) is 0. The standard InChI is InChI=1S/C8H13N3O/c9-7(12)6-2-1-4-11-5-3-10-8(6)11/h10H,1-5H2,(H2,9,12). The van der Waals surface area contributed by atoms with Crippen LogP contribution in [0.2, 0.25) is 0 Å². The maximum Gasteiger partial charge on any atom is 0.248 e. The first kappa shape index (κ1) is 7.46. The number of hydrogen-bond donors (Lipinski definition) is 2. The van der Waals surface area contributed by atoms with E-state index in [4.69, 9.17) is 5.73 Å². The molecule has 0 saturated carbocycles. The zero-order chi connectivity index (χ0) is 8.55. The summed E-state index contributed by atoms with van der Waals surface area (Å²) < 4.78 is 0. The van der Waals surface area contributed by atoms with Crippen LogP contribution in [0.4, 0.5) is 0 Å². The van der Waals surface area contributed by atoms with Gasteiger partial charge < -0.3 is 16.0 Å². The average molecular weight is 167 g/mol. The molecule has 0 unspecified atom stereocenters. The van der Waals surface area contributed by atoms with Gasteiger partial charge in [-0.05, 0) is 12.8 Å². The van der Waals surface area contributed by atoms with Gasteiger partial charge in [-0.1, -0.05) is 0 Å². The minimum absolute atomic E-state index is 0.274. The van der Waals surface area contributed by atoms with Crippen molar-refractivity contribution in [3.63, 3.8) is 0 Å². The molecular weight excluding hydrogens is 154 g/mol.